The van der Waals surface area contributed by atoms with Gasteiger partial charge in [-0.15, -0.1) is 0 Å². The highest BCUT2D eigenvalue weighted by molar-refractivity contribution is 6.01. The molecule has 6 heteroatoms. The number of nitrogens with one attached hydrogen (secondary N) is 1. The maximum Gasteiger partial charge on any atom is 0.323 e. The molecule has 28 heavy (non-hydrogen) atoms. The van der Waals surface area contributed by atoms with Crippen molar-refractivity contribution in [3.05, 3.63) is 77.9 Å². The van der Waals surface area contributed by atoms with Crippen LogP contribution in [0.5, 0.6) is 5.75 Å². The van der Waals surface area contributed by atoms with Gasteiger partial charge in [-0.1, -0.05) is 30.3 Å². The molecular formula is C22H19N3O3. The lowest BCUT2D eigenvalue weighted by molar-refractivity contribution is 0.0965. The average Bonchev–Trinajstić information content (AvgIpc) is 3.10. The summed E-state index contributed by atoms with van der Waals surface area (Å²) in [5, 5.41) is 2.85. The standard InChI is InChI=1S/C22H19N3O3/c1-28-17-5-2-4-16(12-17)25(22(23)27)15-10-8-14(9-11-15)18-6-3-7-19-20(18)13-24-21(19)26/h2-12H,13H2,1H3,(H2,23,27)(H,24,26). The van der Waals surface area contributed by atoms with Gasteiger partial charge in [0.15, 0.2) is 0 Å². The zero-order valence-corrected chi connectivity index (χ0v) is 15.3. The van der Waals surface area contributed by atoms with Gasteiger partial charge in [-0.2, -0.15) is 0 Å². The van der Waals surface area contributed by atoms with E-state index in [9.17, 15) is 9.59 Å². The molecule has 140 valence electrons. The number of carbonyl (C=O) groups is 2. The number of hydrogen-bond donors (Lipinski definition) is 2. The van der Waals surface area contributed by atoms with Crippen molar-refractivity contribution in [1.82, 2.24) is 5.32 Å². The molecular weight excluding hydrogens is 354 g/mol. The van der Waals surface area contributed by atoms with Crippen LogP contribution in [0.25, 0.3) is 11.1 Å². The summed E-state index contributed by atoms with van der Waals surface area (Å²) in [6, 6.07) is 19.8. The summed E-state index contributed by atoms with van der Waals surface area (Å²) in [5.74, 6) is 0.587. The predicted octanol–water partition coefficient (Wildman–Crippen LogP) is 3.82. The Kier molecular flexibility index (Phi) is 4.45. The predicted molar refractivity (Wildman–Crippen MR) is 108 cm³/mol. The molecule has 0 bridgehead atoms. The minimum atomic E-state index is -0.587. The van der Waals surface area contributed by atoms with Crippen molar-refractivity contribution in [2.24, 2.45) is 5.73 Å². The fourth-order valence-electron chi connectivity index (χ4n) is 3.47. The molecule has 0 aromatic heterocycles. The number of benzene rings is 3. The first-order valence-electron chi connectivity index (χ1n) is 8.82. The highest BCUT2D eigenvalue weighted by Crippen LogP contribution is 2.33. The third-order valence-corrected chi connectivity index (χ3v) is 4.81. The molecule has 0 spiro atoms. The molecule has 6 nitrogen and oxygen atoms in total. The molecule has 4 rings (SSSR count). The SMILES string of the molecule is COc1cccc(N(C(N)=O)c2ccc(-c3cccc4c3CNC4=O)cc2)c1. The topological polar surface area (TPSA) is 84.7 Å². The Morgan fingerprint density at radius 1 is 1.00 bits per heavy atom. The lowest BCUT2D eigenvalue weighted by atomic mass is 9.97. The van der Waals surface area contributed by atoms with Gasteiger partial charge >= 0.3 is 6.03 Å². The molecule has 3 amide bonds. The molecule has 3 aromatic rings. The Bertz CT molecular complexity index is 1060. The van der Waals surface area contributed by atoms with Crippen molar-refractivity contribution < 1.29 is 14.3 Å². The van der Waals surface area contributed by atoms with Crippen LogP contribution in [0.15, 0.2) is 66.7 Å². The van der Waals surface area contributed by atoms with Crippen LogP contribution >= 0.6 is 0 Å². The van der Waals surface area contributed by atoms with Crippen LogP contribution in [-0.4, -0.2) is 19.0 Å². The number of ether oxygens (including phenoxy) is 1. The van der Waals surface area contributed by atoms with Crippen molar-refractivity contribution in [2.45, 2.75) is 6.54 Å². The van der Waals surface area contributed by atoms with E-state index in [4.69, 9.17) is 10.5 Å². The molecule has 0 unspecified atom stereocenters. The van der Waals surface area contributed by atoms with Crippen molar-refractivity contribution in [2.75, 3.05) is 12.0 Å². The maximum absolute atomic E-state index is 12.1. The number of urea groups is 1. The fourth-order valence-corrected chi connectivity index (χ4v) is 3.47. The van der Waals surface area contributed by atoms with Crippen molar-refractivity contribution in [1.29, 1.82) is 0 Å². The van der Waals surface area contributed by atoms with E-state index in [0.717, 1.165) is 16.7 Å². The van der Waals surface area contributed by atoms with Gasteiger partial charge in [-0.3, -0.25) is 9.69 Å². The Morgan fingerprint density at radius 2 is 1.71 bits per heavy atom. The average molecular weight is 373 g/mol. The molecule has 1 heterocycles. The van der Waals surface area contributed by atoms with Crippen molar-refractivity contribution in [3.8, 4) is 16.9 Å². The summed E-state index contributed by atoms with van der Waals surface area (Å²) in [5.41, 5.74) is 10.5. The van der Waals surface area contributed by atoms with E-state index in [1.807, 2.05) is 42.5 Å². The van der Waals surface area contributed by atoms with E-state index in [-0.39, 0.29) is 5.91 Å². The summed E-state index contributed by atoms with van der Waals surface area (Å²) in [4.78, 5) is 25.4. The minimum absolute atomic E-state index is 0.0496. The van der Waals surface area contributed by atoms with Crippen LogP contribution in [0.4, 0.5) is 16.2 Å². The van der Waals surface area contributed by atoms with E-state index in [1.54, 1.807) is 31.4 Å². The summed E-state index contributed by atoms with van der Waals surface area (Å²) in [7, 11) is 1.57. The van der Waals surface area contributed by atoms with E-state index >= 15 is 0 Å². The van der Waals surface area contributed by atoms with E-state index in [0.29, 0.717) is 29.2 Å². The number of anilines is 2. The molecule has 1 aliphatic rings. The number of nitrogens with zero attached hydrogens (tertiary/aromatic N) is 1. The third-order valence-electron chi connectivity index (χ3n) is 4.81. The first-order valence-corrected chi connectivity index (χ1v) is 8.82. The summed E-state index contributed by atoms with van der Waals surface area (Å²) >= 11 is 0. The molecule has 3 N–H and O–H groups in total. The van der Waals surface area contributed by atoms with Gasteiger partial charge in [0.05, 0.1) is 18.5 Å². The second-order valence-electron chi connectivity index (χ2n) is 6.44. The molecule has 0 saturated carbocycles. The van der Waals surface area contributed by atoms with Gasteiger partial charge in [-0.05, 0) is 47.0 Å². The largest absolute Gasteiger partial charge is 0.497 e. The molecule has 0 fully saturated rings. The second kappa shape index (κ2) is 7.08. The van der Waals surface area contributed by atoms with Gasteiger partial charge in [0.2, 0.25) is 0 Å². The lowest BCUT2D eigenvalue weighted by Gasteiger charge is -2.21. The van der Waals surface area contributed by atoms with Crippen LogP contribution in [0.2, 0.25) is 0 Å². The van der Waals surface area contributed by atoms with E-state index < -0.39 is 6.03 Å². The fraction of sp³-hybridized carbons (Fsp3) is 0.0909. The van der Waals surface area contributed by atoms with Crippen LogP contribution in [-0.2, 0) is 6.54 Å². The number of primary amides is 1. The van der Waals surface area contributed by atoms with Gasteiger partial charge < -0.3 is 15.8 Å². The van der Waals surface area contributed by atoms with Crippen molar-refractivity contribution in [3.63, 3.8) is 0 Å². The van der Waals surface area contributed by atoms with Crippen LogP contribution < -0.4 is 20.7 Å². The monoisotopic (exact) mass is 373 g/mol. The zero-order valence-electron chi connectivity index (χ0n) is 15.3. The smallest absolute Gasteiger partial charge is 0.323 e. The Morgan fingerprint density at radius 3 is 2.43 bits per heavy atom. The van der Waals surface area contributed by atoms with Gasteiger partial charge in [0.1, 0.15) is 5.75 Å². The second-order valence-corrected chi connectivity index (χ2v) is 6.44. The number of fused-ring (bicyclic) bond motifs is 1. The van der Waals surface area contributed by atoms with Gasteiger partial charge in [0.25, 0.3) is 5.91 Å². The van der Waals surface area contributed by atoms with Gasteiger partial charge in [0, 0.05) is 18.2 Å². The quantitative estimate of drug-likeness (QED) is 0.729. The molecule has 0 atom stereocenters. The summed E-state index contributed by atoms with van der Waals surface area (Å²) < 4.78 is 5.24. The number of hydrogen-bond acceptors (Lipinski definition) is 3. The molecule has 1 aliphatic heterocycles. The number of nitrogens with two attached hydrogens (primary N) is 1. The maximum atomic E-state index is 12.1. The number of methoxy groups -OCH3 is 1. The zero-order chi connectivity index (χ0) is 19.7. The number of carbonyl (C=O) groups excluding carboxylic acids is 2. The number of rotatable bonds is 4. The normalized spacial score (nSPS) is 12.2. The molecule has 0 aliphatic carbocycles. The van der Waals surface area contributed by atoms with E-state index in [2.05, 4.69) is 5.32 Å². The Balaban J connectivity index is 1.71. The summed E-state index contributed by atoms with van der Waals surface area (Å²) in [6.45, 7) is 0.517. The highest BCUT2D eigenvalue weighted by atomic mass is 16.5. The van der Waals surface area contributed by atoms with Crippen LogP contribution in [0, 0.1) is 0 Å². The lowest BCUT2D eigenvalue weighted by Crippen LogP contribution is -2.31. The molecule has 0 saturated heterocycles. The molecule has 0 radical (unpaired) electrons. The number of amides is 3. The third kappa shape index (κ3) is 3.05. The van der Waals surface area contributed by atoms with Crippen LogP contribution in [0.3, 0.4) is 0 Å². The van der Waals surface area contributed by atoms with Crippen LogP contribution in [0.1, 0.15) is 15.9 Å². The van der Waals surface area contributed by atoms with Crippen molar-refractivity contribution >= 4 is 23.3 Å². The van der Waals surface area contributed by atoms with E-state index in [1.165, 1.54) is 4.90 Å². The summed E-state index contributed by atoms with van der Waals surface area (Å²) in [6.07, 6.45) is 0. The molecule has 3 aromatic carbocycles. The minimum Gasteiger partial charge on any atom is -0.497 e. The first-order chi connectivity index (χ1) is 13.6. The Hall–Kier alpha value is -3.80. The first kappa shape index (κ1) is 17.6. The Labute approximate surface area is 162 Å². The van der Waals surface area contributed by atoms with Gasteiger partial charge in [-0.25, -0.2) is 4.79 Å². The highest BCUT2D eigenvalue weighted by Gasteiger charge is 2.22.